The van der Waals surface area contributed by atoms with Crippen molar-refractivity contribution in [1.29, 1.82) is 0 Å². The van der Waals surface area contributed by atoms with Crippen LogP contribution in [0.1, 0.15) is 48.5 Å². The Labute approximate surface area is 201 Å². The van der Waals surface area contributed by atoms with Crippen LogP contribution in [0.4, 0.5) is 0 Å². The Morgan fingerprint density at radius 1 is 1.12 bits per heavy atom. The van der Waals surface area contributed by atoms with Crippen LogP contribution < -0.4 is 4.74 Å². The molecule has 0 N–H and O–H groups in total. The van der Waals surface area contributed by atoms with Gasteiger partial charge in [-0.1, -0.05) is 42.0 Å². The van der Waals surface area contributed by atoms with Crippen molar-refractivity contribution in [3.8, 4) is 17.1 Å². The van der Waals surface area contributed by atoms with Crippen LogP contribution in [-0.2, 0) is 14.9 Å². The molecule has 34 heavy (non-hydrogen) atoms. The van der Waals surface area contributed by atoms with Crippen LogP contribution >= 0.6 is 0 Å². The van der Waals surface area contributed by atoms with Crippen molar-refractivity contribution in [2.24, 2.45) is 0 Å². The summed E-state index contributed by atoms with van der Waals surface area (Å²) in [6, 6.07) is 18.1. The summed E-state index contributed by atoms with van der Waals surface area (Å²) in [4.78, 5) is 25.7. The summed E-state index contributed by atoms with van der Waals surface area (Å²) >= 11 is 0. The molecule has 0 radical (unpaired) electrons. The summed E-state index contributed by atoms with van der Waals surface area (Å²) in [5.41, 5.74) is 3.53. The fourth-order valence-electron chi connectivity index (χ4n) is 5.34. The highest BCUT2D eigenvalue weighted by molar-refractivity contribution is 5.89. The van der Waals surface area contributed by atoms with E-state index in [1.54, 1.807) is 13.3 Å². The first-order chi connectivity index (χ1) is 16.6. The van der Waals surface area contributed by atoms with Gasteiger partial charge in [0.05, 0.1) is 24.3 Å². The molecular weight excluding hydrogens is 426 g/mol. The third kappa shape index (κ3) is 4.18. The number of aryl methyl sites for hydroxylation is 1. The maximum absolute atomic E-state index is 14.3. The van der Waals surface area contributed by atoms with Crippen molar-refractivity contribution < 1.29 is 14.3 Å². The van der Waals surface area contributed by atoms with Crippen molar-refractivity contribution in [2.45, 2.75) is 44.1 Å². The van der Waals surface area contributed by atoms with Crippen molar-refractivity contribution in [3.05, 3.63) is 77.6 Å². The normalized spacial score (nSPS) is 19.7. The van der Waals surface area contributed by atoms with Crippen LogP contribution in [0.3, 0.4) is 0 Å². The molecule has 1 aromatic heterocycles. The maximum atomic E-state index is 14.3. The van der Waals surface area contributed by atoms with E-state index in [-0.39, 0.29) is 11.9 Å². The molecule has 6 heteroatoms. The number of amides is 1. The van der Waals surface area contributed by atoms with E-state index in [2.05, 4.69) is 41.1 Å². The third-order valence-electron chi connectivity index (χ3n) is 7.19. The lowest BCUT2D eigenvalue weighted by Crippen LogP contribution is -2.49. The molecule has 0 unspecified atom stereocenters. The summed E-state index contributed by atoms with van der Waals surface area (Å²) in [5, 5.41) is 0. The average molecular weight is 458 g/mol. The fraction of sp³-hybridized carbons (Fsp3) is 0.393. The van der Waals surface area contributed by atoms with E-state index in [1.807, 2.05) is 30.3 Å². The van der Waals surface area contributed by atoms with Gasteiger partial charge in [-0.15, -0.1) is 0 Å². The molecule has 2 fully saturated rings. The first-order valence-corrected chi connectivity index (χ1v) is 12.0. The van der Waals surface area contributed by atoms with Crippen molar-refractivity contribution >= 4 is 5.91 Å². The zero-order valence-corrected chi connectivity index (χ0v) is 19.9. The molecule has 2 aliphatic heterocycles. The number of nitrogens with zero attached hydrogens (tertiary/aromatic N) is 3. The second-order valence-electron chi connectivity index (χ2n) is 9.26. The van der Waals surface area contributed by atoms with Gasteiger partial charge in [0.2, 0.25) is 5.91 Å². The van der Waals surface area contributed by atoms with Gasteiger partial charge in [0, 0.05) is 31.5 Å². The van der Waals surface area contributed by atoms with E-state index >= 15 is 0 Å². The minimum atomic E-state index is -0.546. The molecule has 5 rings (SSSR count). The zero-order valence-electron chi connectivity index (χ0n) is 19.9. The molecule has 0 aliphatic carbocycles. The summed E-state index contributed by atoms with van der Waals surface area (Å²) in [5.74, 6) is 1.62. The Kier molecular flexibility index (Phi) is 6.33. The van der Waals surface area contributed by atoms with E-state index in [4.69, 9.17) is 14.5 Å². The number of hydrogen-bond donors (Lipinski definition) is 0. The molecule has 3 aromatic rings. The van der Waals surface area contributed by atoms with Gasteiger partial charge >= 0.3 is 0 Å². The van der Waals surface area contributed by atoms with Crippen LogP contribution in [0.15, 0.2) is 60.8 Å². The minimum absolute atomic E-state index is 0.0515. The van der Waals surface area contributed by atoms with E-state index in [9.17, 15) is 4.79 Å². The lowest BCUT2D eigenvalue weighted by molar-refractivity contribution is -0.142. The smallest absolute Gasteiger partial charge is 0.233 e. The van der Waals surface area contributed by atoms with E-state index in [0.29, 0.717) is 31.9 Å². The second kappa shape index (κ2) is 9.55. The molecule has 2 saturated heterocycles. The van der Waals surface area contributed by atoms with Crippen molar-refractivity contribution in [1.82, 2.24) is 14.9 Å². The number of rotatable bonds is 5. The van der Waals surface area contributed by atoms with Crippen molar-refractivity contribution in [2.75, 3.05) is 26.9 Å². The molecule has 0 bridgehead atoms. The molecule has 6 nitrogen and oxygen atoms in total. The van der Waals surface area contributed by atoms with Gasteiger partial charge in [0.15, 0.2) is 5.82 Å². The molecule has 3 heterocycles. The van der Waals surface area contributed by atoms with Crippen LogP contribution in [0.2, 0.25) is 0 Å². The maximum Gasteiger partial charge on any atom is 0.233 e. The third-order valence-corrected chi connectivity index (χ3v) is 7.19. The average Bonchev–Trinajstić information content (AvgIpc) is 3.39. The van der Waals surface area contributed by atoms with Gasteiger partial charge in [0.1, 0.15) is 5.75 Å². The molecule has 0 spiro atoms. The van der Waals surface area contributed by atoms with Gasteiger partial charge < -0.3 is 14.4 Å². The fourth-order valence-corrected chi connectivity index (χ4v) is 5.34. The lowest BCUT2D eigenvalue weighted by atomic mass is 9.72. The zero-order chi connectivity index (χ0) is 23.5. The highest BCUT2D eigenvalue weighted by Crippen LogP contribution is 2.42. The lowest BCUT2D eigenvalue weighted by Gasteiger charge is -2.41. The number of hydrogen-bond acceptors (Lipinski definition) is 5. The Morgan fingerprint density at radius 3 is 2.74 bits per heavy atom. The molecular formula is C28H31N3O3. The summed E-state index contributed by atoms with van der Waals surface area (Å²) in [6.07, 6.45) is 5.08. The van der Waals surface area contributed by atoms with Gasteiger partial charge in [-0.05, 0) is 56.4 Å². The second-order valence-corrected chi connectivity index (χ2v) is 9.26. The Bertz CT molecular complexity index is 1170. The van der Waals surface area contributed by atoms with Crippen LogP contribution in [0.25, 0.3) is 11.4 Å². The van der Waals surface area contributed by atoms with E-state index in [0.717, 1.165) is 42.0 Å². The van der Waals surface area contributed by atoms with Gasteiger partial charge in [-0.2, -0.15) is 0 Å². The number of carbonyl (C=O) groups is 1. The highest BCUT2D eigenvalue weighted by Gasteiger charge is 2.47. The molecule has 2 aliphatic rings. The predicted octanol–water partition coefficient (Wildman–Crippen LogP) is 4.87. The predicted molar refractivity (Wildman–Crippen MR) is 131 cm³/mol. The van der Waals surface area contributed by atoms with Crippen LogP contribution in [0.5, 0.6) is 5.75 Å². The molecule has 2 aromatic carbocycles. The first kappa shape index (κ1) is 22.5. The largest absolute Gasteiger partial charge is 0.497 e. The highest BCUT2D eigenvalue weighted by atomic mass is 16.5. The number of methoxy groups -OCH3 is 1. The number of ether oxygens (including phenoxy) is 2. The van der Waals surface area contributed by atoms with Crippen LogP contribution in [0, 0.1) is 6.92 Å². The van der Waals surface area contributed by atoms with Gasteiger partial charge in [-0.3, -0.25) is 4.79 Å². The molecule has 1 atom stereocenters. The molecule has 0 saturated carbocycles. The quantitative estimate of drug-likeness (QED) is 0.547. The van der Waals surface area contributed by atoms with E-state index < -0.39 is 5.41 Å². The topological polar surface area (TPSA) is 64.5 Å². The Balaban J connectivity index is 1.48. The number of likely N-dealkylation sites (tertiary alicyclic amines) is 1. The molecule has 1 amide bonds. The SMILES string of the molecule is COc1cccc(-c2nccc([C@H]3CCCN3C(=O)C3(c4cccc(C)c4)CCOCC3)n2)c1. The summed E-state index contributed by atoms with van der Waals surface area (Å²) < 4.78 is 11.0. The van der Waals surface area contributed by atoms with Gasteiger partial charge in [0.25, 0.3) is 0 Å². The molecule has 176 valence electrons. The van der Waals surface area contributed by atoms with Gasteiger partial charge in [-0.25, -0.2) is 9.97 Å². The minimum Gasteiger partial charge on any atom is -0.497 e. The Hall–Kier alpha value is -3.25. The number of carbonyl (C=O) groups excluding carboxylic acids is 1. The summed E-state index contributed by atoms with van der Waals surface area (Å²) in [7, 11) is 1.65. The monoisotopic (exact) mass is 457 g/mol. The standard InChI is InChI=1S/C28H31N3O3/c1-20-6-3-8-22(18-20)28(12-16-34-17-13-28)27(32)31-15-5-10-25(31)24-11-14-29-26(30-24)21-7-4-9-23(19-21)33-2/h3-4,6-9,11,14,18-19,25H,5,10,12-13,15-17H2,1-2H3/t25-/m1/s1. The number of aromatic nitrogens is 2. The summed E-state index contributed by atoms with van der Waals surface area (Å²) in [6.45, 7) is 4.04. The van der Waals surface area contributed by atoms with E-state index in [1.165, 1.54) is 5.56 Å². The van der Waals surface area contributed by atoms with Crippen LogP contribution in [-0.4, -0.2) is 47.6 Å². The van der Waals surface area contributed by atoms with Crippen molar-refractivity contribution in [3.63, 3.8) is 0 Å². The number of benzene rings is 2. The first-order valence-electron chi connectivity index (χ1n) is 12.0. The Morgan fingerprint density at radius 2 is 1.94 bits per heavy atom.